The molecular formula is C18H24N4. The quantitative estimate of drug-likeness (QED) is 0.797. The third kappa shape index (κ3) is 4.23. The summed E-state index contributed by atoms with van der Waals surface area (Å²) in [6.07, 6.45) is 1.74. The van der Waals surface area contributed by atoms with Crippen molar-refractivity contribution in [1.29, 1.82) is 0 Å². The Labute approximate surface area is 132 Å². The monoisotopic (exact) mass is 296 g/mol. The smallest absolute Gasteiger partial charge is 0.0888 e. The number of nitrogens with zero attached hydrogens (tertiary/aromatic N) is 2. The van der Waals surface area contributed by atoms with Crippen molar-refractivity contribution in [2.75, 3.05) is 13.1 Å². The molecule has 0 aliphatic heterocycles. The van der Waals surface area contributed by atoms with Crippen LogP contribution >= 0.6 is 0 Å². The molecule has 2 aromatic carbocycles. The van der Waals surface area contributed by atoms with Gasteiger partial charge in [0.25, 0.3) is 0 Å². The molecule has 22 heavy (non-hydrogen) atoms. The molecule has 2 aromatic rings. The maximum atomic E-state index is 5.61. The molecule has 4 nitrogen and oxygen atoms in total. The Morgan fingerprint density at radius 2 is 1.32 bits per heavy atom. The topological polar surface area (TPSA) is 76.8 Å². The van der Waals surface area contributed by atoms with Crippen molar-refractivity contribution in [3.8, 4) is 0 Å². The minimum atomic E-state index is 0.640. The van der Waals surface area contributed by atoms with Crippen molar-refractivity contribution in [2.24, 2.45) is 21.7 Å². The molecule has 0 radical (unpaired) electrons. The van der Waals surface area contributed by atoms with E-state index in [1.165, 1.54) is 11.1 Å². The molecule has 0 heterocycles. The molecule has 0 aliphatic rings. The van der Waals surface area contributed by atoms with Crippen LogP contribution in [0.1, 0.15) is 22.3 Å². The molecule has 0 unspecified atom stereocenters. The summed E-state index contributed by atoms with van der Waals surface area (Å²) in [6.45, 7) is 5.39. The third-order valence-electron chi connectivity index (χ3n) is 3.67. The van der Waals surface area contributed by atoms with Crippen LogP contribution in [-0.2, 0) is 12.8 Å². The average molecular weight is 296 g/mol. The number of hydrogen-bond donors (Lipinski definition) is 2. The van der Waals surface area contributed by atoms with Gasteiger partial charge in [-0.15, -0.1) is 0 Å². The highest BCUT2D eigenvalue weighted by Crippen LogP contribution is 2.26. The summed E-state index contributed by atoms with van der Waals surface area (Å²) in [4.78, 5) is 0. The molecule has 2 rings (SSSR count). The Kier molecular flexibility index (Phi) is 5.81. The highest BCUT2D eigenvalue weighted by atomic mass is 15.1. The minimum Gasteiger partial charge on any atom is -0.330 e. The second kappa shape index (κ2) is 7.82. The van der Waals surface area contributed by atoms with Gasteiger partial charge in [0.1, 0.15) is 0 Å². The van der Waals surface area contributed by atoms with Crippen molar-refractivity contribution in [1.82, 2.24) is 0 Å². The van der Waals surface area contributed by atoms with Crippen LogP contribution in [0.5, 0.6) is 0 Å². The zero-order valence-corrected chi connectivity index (χ0v) is 13.3. The molecule has 0 bridgehead atoms. The first-order chi connectivity index (χ1) is 10.6. The Bertz CT molecular complexity index is 662. The van der Waals surface area contributed by atoms with Crippen molar-refractivity contribution in [2.45, 2.75) is 26.7 Å². The maximum absolute atomic E-state index is 5.61. The average Bonchev–Trinajstić information content (AvgIpc) is 2.50. The molecule has 0 aromatic heterocycles. The summed E-state index contributed by atoms with van der Waals surface area (Å²) in [6, 6.07) is 12.4. The summed E-state index contributed by atoms with van der Waals surface area (Å²) in [7, 11) is 0. The number of aryl methyl sites for hydroxylation is 2. The van der Waals surface area contributed by atoms with Gasteiger partial charge in [-0.3, -0.25) is 0 Å². The normalized spacial score (nSPS) is 11.3. The first-order valence-corrected chi connectivity index (χ1v) is 7.65. The minimum absolute atomic E-state index is 0.640. The highest BCUT2D eigenvalue weighted by Gasteiger charge is 2.02. The molecule has 4 N–H and O–H groups in total. The molecule has 4 heteroatoms. The largest absolute Gasteiger partial charge is 0.330 e. The van der Waals surface area contributed by atoms with Crippen LogP contribution in [0.4, 0.5) is 11.4 Å². The van der Waals surface area contributed by atoms with E-state index in [2.05, 4.69) is 40.6 Å². The molecule has 0 amide bonds. The van der Waals surface area contributed by atoms with Crippen LogP contribution in [-0.4, -0.2) is 13.1 Å². The van der Waals surface area contributed by atoms with E-state index in [4.69, 9.17) is 11.5 Å². The zero-order chi connectivity index (χ0) is 15.9. The van der Waals surface area contributed by atoms with Gasteiger partial charge < -0.3 is 11.5 Å². The molecule has 0 aliphatic carbocycles. The third-order valence-corrected chi connectivity index (χ3v) is 3.67. The molecule has 0 saturated carbocycles. The van der Waals surface area contributed by atoms with Gasteiger partial charge in [-0.2, -0.15) is 10.2 Å². The molecule has 116 valence electrons. The van der Waals surface area contributed by atoms with Crippen molar-refractivity contribution in [3.05, 3.63) is 58.7 Å². The molecule has 0 fully saturated rings. The van der Waals surface area contributed by atoms with Crippen LogP contribution < -0.4 is 11.5 Å². The van der Waals surface area contributed by atoms with Crippen LogP contribution in [0.3, 0.4) is 0 Å². The number of rotatable bonds is 6. The Morgan fingerprint density at radius 3 is 1.95 bits per heavy atom. The lowest BCUT2D eigenvalue weighted by atomic mass is 10.1. The molecule has 0 spiro atoms. The lowest BCUT2D eigenvalue weighted by Crippen LogP contribution is -2.02. The van der Waals surface area contributed by atoms with Crippen LogP contribution in [0.25, 0.3) is 0 Å². The van der Waals surface area contributed by atoms with Gasteiger partial charge in [0, 0.05) is 0 Å². The van der Waals surface area contributed by atoms with Gasteiger partial charge in [-0.1, -0.05) is 24.3 Å². The number of nitrogens with two attached hydrogens (primary N) is 2. The van der Waals surface area contributed by atoms with Crippen LogP contribution in [0, 0.1) is 13.8 Å². The fourth-order valence-electron chi connectivity index (χ4n) is 2.34. The lowest BCUT2D eigenvalue weighted by Gasteiger charge is -2.05. The van der Waals surface area contributed by atoms with Crippen LogP contribution in [0.2, 0.25) is 0 Å². The number of azo groups is 1. The first-order valence-electron chi connectivity index (χ1n) is 7.65. The van der Waals surface area contributed by atoms with Gasteiger partial charge in [-0.25, -0.2) is 0 Å². The fourth-order valence-corrected chi connectivity index (χ4v) is 2.34. The number of hydrogen-bond acceptors (Lipinski definition) is 4. The van der Waals surface area contributed by atoms with E-state index in [-0.39, 0.29) is 0 Å². The molecule has 0 saturated heterocycles. The molecule has 0 atom stereocenters. The van der Waals surface area contributed by atoms with E-state index in [1.807, 2.05) is 19.9 Å². The van der Waals surface area contributed by atoms with Gasteiger partial charge in [0.15, 0.2) is 0 Å². The Morgan fingerprint density at radius 1 is 0.727 bits per heavy atom. The van der Waals surface area contributed by atoms with E-state index in [0.29, 0.717) is 13.1 Å². The summed E-state index contributed by atoms with van der Waals surface area (Å²) in [5.74, 6) is 0. The highest BCUT2D eigenvalue weighted by molar-refractivity contribution is 5.50. The predicted molar refractivity (Wildman–Crippen MR) is 92.1 cm³/mol. The summed E-state index contributed by atoms with van der Waals surface area (Å²) < 4.78 is 0. The van der Waals surface area contributed by atoms with Crippen molar-refractivity contribution >= 4 is 11.4 Å². The second-order valence-corrected chi connectivity index (χ2v) is 5.52. The van der Waals surface area contributed by atoms with Crippen LogP contribution in [0.15, 0.2) is 46.6 Å². The lowest BCUT2D eigenvalue weighted by molar-refractivity contribution is 0.964. The fraction of sp³-hybridized carbons (Fsp3) is 0.333. The summed E-state index contributed by atoms with van der Waals surface area (Å²) in [5, 5.41) is 8.82. The van der Waals surface area contributed by atoms with E-state index in [1.54, 1.807) is 0 Å². The zero-order valence-electron chi connectivity index (χ0n) is 13.3. The number of benzene rings is 2. The van der Waals surface area contributed by atoms with Gasteiger partial charge in [0.05, 0.1) is 11.4 Å². The van der Waals surface area contributed by atoms with E-state index in [0.717, 1.165) is 35.3 Å². The van der Waals surface area contributed by atoms with Gasteiger partial charge >= 0.3 is 0 Å². The second-order valence-electron chi connectivity index (χ2n) is 5.52. The van der Waals surface area contributed by atoms with Crippen molar-refractivity contribution < 1.29 is 0 Å². The van der Waals surface area contributed by atoms with E-state index >= 15 is 0 Å². The maximum Gasteiger partial charge on any atom is 0.0888 e. The van der Waals surface area contributed by atoms with Gasteiger partial charge in [-0.05, 0) is 74.2 Å². The van der Waals surface area contributed by atoms with E-state index in [9.17, 15) is 0 Å². The van der Waals surface area contributed by atoms with E-state index < -0.39 is 0 Å². The predicted octanol–water partition coefficient (Wildman–Crippen LogP) is 3.72. The molecular weight excluding hydrogens is 272 g/mol. The SMILES string of the molecule is Cc1cc(CCN)ccc1N=Nc1cc(CCN)ccc1C. The van der Waals surface area contributed by atoms with Gasteiger partial charge in [0.2, 0.25) is 0 Å². The van der Waals surface area contributed by atoms with Crippen molar-refractivity contribution in [3.63, 3.8) is 0 Å². The summed E-state index contributed by atoms with van der Waals surface area (Å²) >= 11 is 0. The standard InChI is InChI=1S/C18H24N4/c1-13-3-4-16(8-10-20)12-18(13)22-21-17-6-5-15(7-9-19)11-14(17)2/h3-6,11-12H,7-10,19-20H2,1-2H3. The Balaban J connectivity index is 2.23. The Hall–Kier alpha value is -2.04. The summed E-state index contributed by atoms with van der Waals surface area (Å²) in [5.41, 5.74) is 17.6. The first kappa shape index (κ1) is 16.3.